The molecule has 0 aromatic heterocycles. The molecule has 4 saturated carbocycles. The number of quaternary nitrogens is 1. The Bertz CT molecular complexity index is 762. The van der Waals surface area contributed by atoms with Gasteiger partial charge in [0, 0.05) is 37.8 Å². The Morgan fingerprint density at radius 3 is 2.32 bits per heavy atom. The van der Waals surface area contributed by atoms with Crippen molar-refractivity contribution in [3.8, 4) is 0 Å². The first-order valence-electron chi connectivity index (χ1n) is 15.0. The molecule has 2 aliphatic heterocycles. The first-order valence-corrected chi connectivity index (χ1v) is 15.0. The zero-order valence-electron chi connectivity index (χ0n) is 22.3. The van der Waals surface area contributed by atoms with Gasteiger partial charge in [-0.3, -0.25) is 0 Å². The molecule has 2 saturated heterocycles. The molecule has 6 aliphatic rings. The predicted octanol–water partition coefficient (Wildman–Crippen LogP) is 3.94. The Labute approximate surface area is 208 Å². The van der Waals surface area contributed by atoms with Crippen molar-refractivity contribution < 1.29 is 14.8 Å². The smallest absolute Gasteiger partial charge is 0.134 e. The molecular formula is C29H52N3O2+. The molecule has 0 aromatic rings. The van der Waals surface area contributed by atoms with E-state index in [0.717, 1.165) is 56.0 Å². The molecule has 0 aromatic carbocycles. The van der Waals surface area contributed by atoms with Crippen molar-refractivity contribution in [3.05, 3.63) is 0 Å². The van der Waals surface area contributed by atoms with Crippen LogP contribution in [0.2, 0.25) is 0 Å². The Kier molecular flexibility index (Phi) is 5.97. The van der Waals surface area contributed by atoms with Crippen LogP contribution in [-0.4, -0.2) is 76.8 Å². The molecule has 6 rings (SSSR count). The number of aliphatic hydroxyl groups is 2. The van der Waals surface area contributed by atoms with Crippen molar-refractivity contribution >= 4 is 0 Å². The molecule has 0 unspecified atom stereocenters. The summed E-state index contributed by atoms with van der Waals surface area (Å²) < 4.78 is 1.07. The summed E-state index contributed by atoms with van der Waals surface area (Å²) in [5.41, 5.74) is -0.299. The summed E-state index contributed by atoms with van der Waals surface area (Å²) >= 11 is 0. The number of nitrogens with one attached hydrogen (secondary N) is 1. The lowest BCUT2D eigenvalue weighted by Gasteiger charge is -2.63. The lowest BCUT2D eigenvalue weighted by molar-refractivity contribution is -1.06. The second-order valence-electron chi connectivity index (χ2n) is 14.2. The minimum Gasteiger partial charge on any atom is -0.389 e. The molecule has 5 nitrogen and oxygen atoms in total. The molecule has 0 amide bonds. The molecule has 6 fully saturated rings. The van der Waals surface area contributed by atoms with Crippen LogP contribution < -0.4 is 5.32 Å². The van der Waals surface area contributed by atoms with Crippen LogP contribution in [0.1, 0.15) is 91.4 Å². The SMILES string of the molecule is CC1CC[N+]([C@H]2C[C@H]3[C@@H]4CC[C@@]5(O)CCCC[C@]5(C)[C@H]4CC[C@]3(C)[C@H]2O)(N2CCNCC2)CC1. The third-order valence-electron chi connectivity index (χ3n) is 13.0. The molecule has 5 heteroatoms. The van der Waals surface area contributed by atoms with E-state index in [2.05, 4.69) is 31.1 Å². The van der Waals surface area contributed by atoms with Gasteiger partial charge in [0.25, 0.3) is 0 Å². The fourth-order valence-corrected chi connectivity index (χ4v) is 10.7. The van der Waals surface area contributed by atoms with E-state index in [1.54, 1.807) is 0 Å². The maximum absolute atomic E-state index is 12.2. The van der Waals surface area contributed by atoms with Gasteiger partial charge in [-0.05, 0) is 67.6 Å². The number of hydrogen-bond acceptors (Lipinski definition) is 4. The van der Waals surface area contributed by atoms with E-state index in [-0.39, 0.29) is 16.9 Å². The minimum absolute atomic E-state index is 0.0503. The summed E-state index contributed by atoms with van der Waals surface area (Å²) in [5.74, 6) is 2.77. The van der Waals surface area contributed by atoms with Crippen LogP contribution in [0.4, 0.5) is 0 Å². The number of fused-ring (bicyclic) bond motifs is 5. The first-order chi connectivity index (χ1) is 16.2. The summed E-state index contributed by atoms with van der Waals surface area (Å²) in [4.78, 5) is 0. The van der Waals surface area contributed by atoms with E-state index in [9.17, 15) is 10.2 Å². The maximum Gasteiger partial charge on any atom is 0.134 e. The molecule has 0 spiro atoms. The van der Waals surface area contributed by atoms with Gasteiger partial charge in [-0.15, -0.1) is 0 Å². The third-order valence-corrected chi connectivity index (χ3v) is 13.0. The topological polar surface area (TPSA) is 55.7 Å². The van der Waals surface area contributed by atoms with Gasteiger partial charge < -0.3 is 15.5 Å². The molecular weight excluding hydrogens is 422 g/mol. The van der Waals surface area contributed by atoms with Crippen LogP contribution in [-0.2, 0) is 0 Å². The quantitative estimate of drug-likeness (QED) is 0.531. The second-order valence-corrected chi connectivity index (χ2v) is 14.2. The van der Waals surface area contributed by atoms with Crippen molar-refractivity contribution in [1.82, 2.24) is 10.3 Å². The molecule has 34 heavy (non-hydrogen) atoms. The van der Waals surface area contributed by atoms with Crippen molar-refractivity contribution in [2.45, 2.75) is 109 Å². The van der Waals surface area contributed by atoms with Crippen LogP contribution >= 0.6 is 0 Å². The van der Waals surface area contributed by atoms with Crippen molar-refractivity contribution in [2.24, 2.45) is 34.5 Å². The van der Waals surface area contributed by atoms with Gasteiger partial charge in [0.15, 0.2) is 0 Å². The standard InChI is InChI=1S/C29H52N3O2/c1-21-8-18-32(19-9-21,31-16-14-30-15-17-31)25-20-24-22-6-13-29(34)11-5-4-10-28(29,3)23(22)7-12-27(24,2)26(25)33/h21-26,30,33-34H,4-20H2,1-3H3/q+1/t21?,22-,23+,24+,25+,26+,27+,28-,29+,32?/m1/s1. The number of hydrogen-bond donors (Lipinski definition) is 3. The predicted molar refractivity (Wildman–Crippen MR) is 136 cm³/mol. The minimum atomic E-state index is -0.436. The van der Waals surface area contributed by atoms with Crippen LogP contribution in [0.3, 0.4) is 0 Å². The fraction of sp³-hybridized carbons (Fsp3) is 1.00. The molecule has 2 heterocycles. The van der Waals surface area contributed by atoms with Gasteiger partial charge in [-0.1, -0.05) is 33.6 Å². The number of piperazine rings is 1. The highest BCUT2D eigenvalue weighted by atomic mass is 16.3. The van der Waals surface area contributed by atoms with Crippen LogP contribution in [0.15, 0.2) is 0 Å². The van der Waals surface area contributed by atoms with E-state index in [4.69, 9.17) is 0 Å². The van der Waals surface area contributed by atoms with Gasteiger partial charge in [-0.2, -0.15) is 5.01 Å². The second kappa shape index (κ2) is 8.41. The fourth-order valence-electron chi connectivity index (χ4n) is 10.7. The summed E-state index contributed by atoms with van der Waals surface area (Å²) in [6, 6.07) is 0.360. The average Bonchev–Trinajstić information content (AvgIpc) is 3.12. The van der Waals surface area contributed by atoms with Gasteiger partial charge in [0.1, 0.15) is 12.1 Å². The van der Waals surface area contributed by atoms with E-state index in [1.807, 2.05) is 0 Å². The zero-order valence-corrected chi connectivity index (χ0v) is 22.3. The number of aliphatic hydroxyl groups excluding tert-OH is 1. The van der Waals surface area contributed by atoms with Crippen LogP contribution in [0, 0.1) is 34.5 Å². The van der Waals surface area contributed by atoms with E-state index in [0.29, 0.717) is 23.8 Å². The molecule has 8 atom stereocenters. The van der Waals surface area contributed by atoms with Crippen LogP contribution in [0.25, 0.3) is 0 Å². The van der Waals surface area contributed by atoms with Gasteiger partial charge >= 0.3 is 0 Å². The molecule has 0 radical (unpaired) electrons. The van der Waals surface area contributed by atoms with E-state index < -0.39 is 5.60 Å². The summed E-state index contributed by atoms with van der Waals surface area (Å²) in [6.45, 7) is 14.2. The molecule has 194 valence electrons. The normalized spacial score (nSPS) is 56.4. The lowest BCUT2D eigenvalue weighted by atomic mass is 9.44. The molecule has 0 bridgehead atoms. The highest BCUT2D eigenvalue weighted by Crippen LogP contribution is 2.68. The number of rotatable bonds is 2. The lowest BCUT2D eigenvalue weighted by Crippen LogP contribution is -2.72. The molecule has 3 N–H and O–H groups in total. The van der Waals surface area contributed by atoms with Crippen molar-refractivity contribution in [1.29, 1.82) is 0 Å². The largest absolute Gasteiger partial charge is 0.389 e. The number of likely N-dealkylation sites (tertiary alicyclic amines) is 1. The third kappa shape index (κ3) is 3.29. The Balaban J connectivity index is 1.32. The van der Waals surface area contributed by atoms with E-state index >= 15 is 0 Å². The molecule has 4 aliphatic carbocycles. The zero-order chi connectivity index (χ0) is 23.8. The summed E-state index contributed by atoms with van der Waals surface area (Å²) in [6.07, 6.45) is 12.9. The summed E-state index contributed by atoms with van der Waals surface area (Å²) in [7, 11) is 0. The van der Waals surface area contributed by atoms with Crippen molar-refractivity contribution in [3.63, 3.8) is 0 Å². The number of piperidine rings is 1. The average molecular weight is 475 g/mol. The van der Waals surface area contributed by atoms with Gasteiger partial charge in [0.2, 0.25) is 0 Å². The highest BCUT2D eigenvalue weighted by molar-refractivity contribution is 5.15. The Morgan fingerprint density at radius 1 is 0.882 bits per heavy atom. The van der Waals surface area contributed by atoms with Crippen molar-refractivity contribution in [2.75, 3.05) is 39.3 Å². The van der Waals surface area contributed by atoms with Gasteiger partial charge in [-0.25, -0.2) is 4.59 Å². The maximum atomic E-state index is 12.2. The van der Waals surface area contributed by atoms with E-state index in [1.165, 1.54) is 64.5 Å². The highest BCUT2D eigenvalue weighted by Gasteiger charge is 2.68. The first kappa shape index (κ1) is 24.2. The Hall–Kier alpha value is -0.200. The number of nitrogens with zero attached hydrogens (tertiary/aromatic N) is 2. The monoisotopic (exact) mass is 474 g/mol. The Morgan fingerprint density at radius 2 is 1.59 bits per heavy atom. The van der Waals surface area contributed by atoms with Crippen LogP contribution in [0.5, 0.6) is 0 Å². The van der Waals surface area contributed by atoms with Gasteiger partial charge in [0.05, 0.1) is 31.8 Å². The summed E-state index contributed by atoms with van der Waals surface area (Å²) in [5, 5.41) is 30.3.